The molecular formula is C13H14N4. The van der Waals surface area contributed by atoms with Gasteiger partial charge in [-0.05, 0) is 25.0 Å². The largest absolute Gasteiger partial charge is 0.370 e. The van der Waals surface area contributed by atoms with Gasteiger partial charge in [0.25, 0.3) is 0 Å². The number of anilines is 1. The number of nitriles is 2. The molecule has 1 aromatic rings. The first-order valence-corrected chi connectivity index (χ1v) is 5.63. The maximum absolute atomic E-state index is 9.04. The van der Waals surface area contributed by atoms with E-state index in [2.05, 4.69) is 17.0 Å². The summed E-state index contributed by atoms with van der Waals surface area (Å²) in [6.45, 7) is 1.45. The van der Waals surface area contributed by atoms with E-state index in [4.69, 9.17) is 16.3 Å². The van der Waals surface area contributed by atoms with Gasteiger partial charge in [0, 0.05) is 13.1 Å². The van der Waals surface area contributed by atoms with Crippen molar-refractivity contribution >= 4 is 5.69 Å². The maximum atomic E-state index is 9.04. The molecule has 0 saturated carbocycles. The van der Waals surface area contributed by atoms with Gasteiger partial charge in [0.1, 0.15) is 11.6 Å². The van der Waals surface area contributed by atoms with Gasteiger partial charge < -0.3 is 10.6 Å². The minimum absolute atomic E-state index is 0.642. The van der Waals surface area contributed by atoms with Crippen molar-refractivity contribution < 1.29 is 0 Å². The van der Waals surface area contributed by atoms with E-state index < -0.39 is 5.54 Å². The van der Waals surface area contributed by atoms with E-state index >= 15 is 0 Å². The van der Waals surface area contributed by atoms with Gasteiger partial charge >= 0.3 is 0 Å². The van der Waals surface area contributed by atoms with E-state index in [-0.39, 0.29) is 0 Å². The van der Waals surface area contributed by atoms with E-state index in [0.29, 0.717) is 18.4 Å². The first-order chi connectivity index (χ1) is 8.18. The molecule has 1 fully saturated rings. The number of nitrogens with zero attached hydrogens (tertiary/aromatic N) is 3. The Morgan fingerprint density at radius 3 is 2.41 bits per heavy atom. The second-order valence-electron chi connectivity index (χ2n) is 4.38. The van der Waals surface area contributed by atoms with Crippen molar-refractivity contribution in [1.82, 2.24) is 0 Å². The molecule has 0 spiro atoms. The van der Waals surface area contributed by atoms with Crippen LogP contribution in [0.3, 0.4) is 0 Å². The molecule has 0 aromatic heterocycles. The van der Waals surface area contributed by atoms with Gasteiger partial charge in [0.2, 0.25) is 0 Å². The molecule has 0 radical (unpaired) electrons. The van der Waals surface area contributed by atoms with Crippen LogP contribution in [-0.2, 0) is 0 Å². The van der Waals surface area contributed by atoms with Crippen LogP contribution in [0.15, 0.2) is 24.3 Å². The van der Waals surface area contributed by atoms with Crippen molar-refractivity contribution in [2.45, 2.75) is 18.4 Å². The topological polar surface area (TPSA) is 76.8 Å². The highest BCUT2D eigenvalue weighted by molar-refractivity contribution is 5.59. The standard InChI is InChI=1S/C13H14N4/c14-9-11-3-1-2-4-12(11)17-7-5-13(16,10-15)6-8-17/h1-4H,5-8,16H2. The zero-order valence-electron chi connectivity index (χ0n) is 9.56. The number of nitrogens with two attached hydrogens (primary N) is 1. The average molecular weight is 226 g/mol. The van der Waals surface area contributed by atoms with Crippen LogP contribution in [0, 0.1) is 22.7 Å². The first-order valence-electron chi connectivity index (χ1n) is 5.63. The molecule has 0 bridgehead atoms. The molecule has 86 valence electrons. The summed E-state index contributed by atoms with van der Waals surface area (Å²) >= 11 is 0. The molecule has 1 heterocycles. The average Bonchev–Trinajstić information content (AvgIpc) is 2.40. The van der Waals surface area contributed by atoms with Crippen molar-refractivity contribution in [2.24, 2.45) is 5.73 Å². The van der Waals surface area contributed by atoms with Gasteiger partial charge in [-0.1, -0.05) is 12.1 Å². The first kappa shape index (κ1) is 11.4. The lowest BCUT2D eigenvalue weighted by atomic mass is 9.90. The van der Waals surface area contributed by atoms with Crippen LogP contribution < -0.4 is 10.6 Å². The van der Waals surface area contributed by atoms with Crippen molar-refractivity contribution in [3.63, 3.8) is 0 Å². The second-order valence-corrected chi connectivity index (χ2v) is 4.38. The number of para-hydroxylation sites is 1. The molecule has 1 saturated heterocycles. The smallest absolute Gasteiger partial charge is 0.107 e. The number of piperidine rings is 1. The summed E-state index contributed by atoms with van der Waals surface area (Å²) in [5.41, 5.74) is 6.83. The fraction of sp³-hybridized carbons (Fsp3) is 0.385. The lowest BCUT2D eigenvalue weighted by molar-refractivity contribution is 0.415. The third-order valence-electron chi connectivity index (χ3n) is 3.24. The quantitative estimate of drug-likeness (QED) is 0.784. The van der Waals surface area contributed by atoms with E-state index in [0.717, 1.165) is 18.8 Å². The highest BCUT2D eigenvalue weighted by atomic mass is 15.1. The molecule has 0 aliphatic carbocycles. The van der Waals surface area contributed by atoms with Crippen molar-refractivity contribution in [3.05, 3.63) is 29.8 Å². The molecule has 4 heteroatoms. The Balaban J connectivity index is 2.17. The molecule has 2 rings (SSSR count). The number of rotatable bonds is 1. The summed E-state index contributed by atoms with van der Waals surface area (Å²) in [6.07, 6.45) is 1.28. The van der Waals surface area contributed by atoms with Crippen molar-refractivity contribution in [1.29, 1.82) is 10.5 Å². The second kappa shape index (κ2) is 4.45. The summed E-state index contributed by atoms with van der Waals surface area (Å²) in [7, 11) is 0. The Bertz CT molecular complexity index is 487. The molecule has 4 nitrogen and oxygen atoms in total. The molecule has 1 aliphatic heterocycles. The fourth-order valence-electron chi connectivity index (χ4n) is 2.10. The summed E-state index contributed by atoms with van der Waals surface area (Å²) in [5.74, 6) is 0. The summed E-state index contributed by atoms with van der Waals surface area (Å²) in [4.78, 5) is 2.13. The third-order valence-corrected chi connectivity index (χ3v) is 3.24. The highest BCUT2D eigenvalue weighted by Crippen LogP contribution is 2.26. The molecule has 17 heavy (non-hydrogen) atoms. The minimum Gasteiger partial charge on any atom is -0.370 e. The number of hydrogen-bond donors (Lipinski definition) is 1. The molecule has 0 amide bonds. The predicted octanol–water partition coefficient (Wildman–Crippen LogP) is 1.38. The van der Waals surface area contributed by atoms with Crippen LogP contribution in [0.4, 0.5) is 5.69 Å². The van der Waals surface area contributed by atoms with Gasteiger partial charge in [-0.2, -0.15) is 10.5 Å². The van der Waals surface area contributed by atoms with Crippen LogP contribution in [0.25, 0.3) is 0 Å². The maximum Gasteiger partial charge on any atom is 0.107 e. The number of benzene rings is 1. The molecule has 0 unspecified atom stereocenters. The monoisotopic (exact) mass is 226 g/mol. The molecule has 0 atom stereocenters. The Kier molecular flexibility index (Phi) is 2.99. The van der Waals surface area contributed by atoms with Gasteiger partial charge in [-0.25, -0.2) is 0 Å². The van der Waals surface area contributed by atoms with E-state index in [1.165, 1.54) is 0 Å². The third kappa shape index (κ3) is 2.22. The molecule has 2 N–H and O–H groups in total. The Labute approximate surface area is 101 Å². The highest BCUT2D eigenvalue weighted by Gasteiger charge is 2.31. The van der Waals surface area contributed by atoms with Crippen molar-refractivity contribution in [3.8, 4) is 12.1 Å². The van der Waals surface area contributed by atoms with Gasteiger partial charge in [0.05, 0.1) is 17.3 Å². The minimum atomic E-state index is -0.696. The van der Waals surface area contributed by atoms with Crippen molar-refractivity contribution in [2.75, 3.05) is 18.0 Å². The lowest BCUT2D eigenvalue weighted by Gasteiger charge is -2.36. The van der Waals surface area contributed by atoms with Crippen LogP contribution in [-0.4, -0.2) is 18.6 Å². The Hall–Kier alpha value is -2.04. The van der Waals surface area contributed by atoms with Crippen LogP contribution in [0.5, 0.6) is 0 Å². The van der Waals surface area contributed by atoms with Gasteiger partial charge in [-0.3, -0.25) is 0 Å². The molecule has 1 aromatic carbocycles. The molecule has 1 aliphatic rings. The fourth-order valence-corrected chi connectivity index (χ4v) is 2.10. The van der Waals surface area contributed by atoms with E-state index in [9.17, 15) is 0 Å². The van der Waals surface area contributed by atoms with Crippen LogP contribution in [0.2, 0.25) is 0 Å². The summed E-state index contributed by atoms with van der Waals surface area (Å²) < 4.78 is 0. The van der Waals surface area contributed by atoms with Crippen LogP contribution >= 0.6 is 0 Å². The number of hydrogen-bond acceptors (Lipinski definition) is 4. The SMILES string of the molecule is N#Cc1ccccc1N1CCC(N)(C#N)CC1. The lowest BCUT2D eigenvalue weighted by Crippen LogP contribution is -2.49. The molecular weight excluding hydrogens is 212 g/mol. The zero-order chi connectivity index (χ0) is 12.3. The van der Waals surface area contributed by atoms with Gasteiger partial charge in [-0.15, -0.1) is 0 Å². The van der Waals surface area contributed by atoms with E-state index in [1.54, 1.807) is 0 Å². The van der Waals surface area contributed by atoms with Gasteiger partial charge in [0.15, 0.2) is 0 Å². The normalized spacial score (nSPS) is 18.2. The van der Waals surface area contributed by atoms with Crippen LogP contribution in [0.1, 0.15) is 18.4 Å². The summed E-state index contributed by atoms with van der Waals surface area (Å²) in [5, 5.41) is 18.0. The Morgan fingerprint density at radius 2 is 1.82 bits per heavy atom. The summed E-state index contributed by atoms with van der Waals surface area (Å²) in [6, 6.07) is 11.9. The van der Waals surface area contributed by atoms with E-state index in [1.807, 2.05) is 24.3 Å². The zero-order valence-corrected chi connectivity index (χ0v) is 9.56. The Morgan fingerprint density at radius 1 is 1.18 bits per heavy atom. The predicted molar refractivity (Wildman–Crippen MR) is 65.1 cm³/mol.